The van der Waals surface area contributed by atoms with Crippen LogP contribution in [-0.4, -0.2) is 16.0 Å². The Balaban J connectivity index is 2.76. The largest absolute Gasteiger partial charge is 0.478 e. The summed E-state index contributed by atoms with van der Waals surface area (Å²) in [5.41, 5.74) is 1.40. The van der Waals surface area contributed by atoms with Crippen molar-refractivity contribution in [1.82, 2.24) is 0 Å². The third kappa shape index (κ3) is 2.87. The van der Waals surface area contributed by atoms with E-state index in [-0.39, 0.29) is 16.3 Å². The number of hydrogen-bond acceptors (Lipinski definition) is 3. The molecule has 2 aromatic rings. The molecule has 0 radical (unpaired) electrons. The van der Waals surface area contributed by atoms with Crippen LogP contribution in [0.25, 0.3) is 11.1 Å². The highest BCUT2D eigenvalue weighted by Crippen LogP contribution is 2.36. The zero-order valence-corrected chi connectivity index (χ0v) is 11.9. The molecule has 108 valence electrons. The van der Waals surface area contributed by atoms with E-state index in [2.05, 4.69) is 0 Å². The zero-order valence-electron chi connectivity index (χ0n) is 11.2. The molecule has 0 saturated carbocycles. The average molecular weight is 306 g/mol. The minimum atomic E-state index is -1.29. The number of halogens is 1. The van der Waals surface area contributed by atoms with Crippen LogP contribution >= 0.6 is 11.6 Å². The highest BCUT2D eigenvalue weighted by atomic mass is 35.5. The molecule has 6 heteroatoms. The van der Waals surface area contributed by atoms with Gasteiger partial charge in [-0.3, -0.25) is 10.1 Å². The second-order valence-corrected chi connectivity index (χ2v) is 4.83. The number of nitro benzene ring substituents is 1. The first-order valence-corrected chi connectivity index (χ1v) is 6.63. The maximum Gasteiger partial charge on any atom is 0.337 e. The first-order valence-electron chi connectivity index (χ1n) is 6.25. The maximum atomic E-state index is 11.3. The van der Waals surface area contributed by atoms with Crippen LogP contribution in [0.15, 0.2) is 36.4 Å². The van der Waals surface area contributed by atoms with E-state index in [9.17, 15) is 14.9 Å². The number of hydrogen-bond donors (Lipinski definition) is 1. The monoisotopic (exact) mass is 305 g/mol. The van der Waals surface area contributed by atoms with Crippen LogP contribution in [0.1, 0.15) is 22.8 Å². The minimum absolute atomic E-state index is 0.0194. The number of nitro groups is 1. The van der Waals surface area contributed by atoms with Gasteiger partial charge < -0.3 is 5.11 Å². The lowest BCUT2D eigenvalue weighted by molar-refractivity contribution is -0.384. The van der Waals surface area contributed by atoms with Gasteiger partial charge >= 0.3 is 5.97 Å². The van der Waals surface area contributed by atoms with Gasteiger partial charge in [-0.25, -0.2) is 4.79 Å². The van der Waals surface area contributed by atoms with E-state index in [0.717, 1.165) is 11.6 Å². The maximum absolute atomic E-state index is 11.3. The van der Waals surface area contributed by atoms with Gasteiger partial charge in [-0.2, -0.15) is 0 Å². The highest BCUT2D eigenvalue weighted by molar-refractivity contribution is 6.34. The fourth-order valence-electron chi connectivity index (χ4n) is 2.18. The molecular weight excluding hydrogens is 294 g/mol. The Bertz CT molecular complexity index is 728. The van der Waals surface area contributed by atoms with Gasteiger partial charge in [0.25, 0.3) is 5.69 Å². The molecule has 0 atom stereocenters. The van der Waals surface area contributed by atoms with E-state index in [1.54, 1.807) is 12.1 Å². The summed E-state index contributed by atoms with van der Waals surface area (Å²) in [7, 11) is 0. The Morgan fingerprint density at radius 3 is 2.52 bits per heavy atom. The quantitative estimate of drug-likeness (QED) is 0.679. The van der Waals surface area contributed by atoms with Crippen molar-refractivity contribution in [3.05, 3.63) is 62.7 Å². The fraction of sp³-hybridized carbons (Fsp3) is 0.133. The molecule has 0 aromatic heterocycles. The summed E-state index contributed by atoms with van der Waals surface area (Å²) in [5, 5.41) is 20.3. The van der Waals surface area contributed by atoms with Crippen LogP contribution in [0.4, 0.5) is 5.69 Å². The summed E-state index contributed by atoms with van der Waals surface area (Å²) >= 11 is 5.94. The number of benzene rings is 2. The third-order valence-corrected chi connectivity index (χ3v) is 3.51. The number of rotatable bonds is 4. The van der Waals surface area contributed by atoms with Gasteiger partial charge in [0, 0.05) is 6.07 Å². The van der Waals surface area contributed by atoms with E-state index >= 15 is 0 Å². The molecule has 0 aliphatic rings. The van der Waals surface area contributed by atoms with Gasteiger partial charge in [-0.05, 0) is 23.6 Å². The summed E-state index contributed by atoms with van der Waals surface area (Å²) in [4.78, 5) is 21.7. The highest BCUT2D eigenvalue weighted by Gasteiger charge is 2.22. The Hall–Kier alpha value is -2.40. The van der Waals surface area contributed by atoms with Crippen LogP contribution in [0.3, 0.4) is 0 Å². The Morgan fingerprint density at radius 1 is 1.29 bits per heavy atom. The minimum Gasteiger partial charge on any atom is -0.478 e. The second kappa shape index (κ2) is 5.93. The van der Waals surface area contributed by atoms with Crippen molar-refractivity contribution in [3.63, 3.8) is 0 Å². The van der Waals surface area contributed by atoms with Gasteiger partial charge in [-0.15, -0.1) is 0 Å². The Morgan fingerprint density at radius 2 is 1.95 bits per heavy atom. The number of carboxylic acids is 1. The molecule has 0 aliphatic heterocycles. The zero-order chi connectivity index (χ0) is 15.6. The lowest BCUT2D eigenvalue weighted by Crippen LogP contribution is -2.02. The molecule has 1 N–H and O–H groups in total. The summed E-state index contributed by atoms with van der Waals surface area (Å²) < 4.78 is 0. The standard InChI is InChI=1S/C15H12ClNO4/c1-2-9-5-3-4-6-10(9)11-7-13(16)12(15(18)19)8-14(11)17(20)21/h3-8H,2H2,1H3,(H,18,19). The molecule has 0 heterocycles. The first kappa shape index (κ1) is 15.0. The molecule has 0 aliphatic carbocycles. The van der Waals surface area contributed by atoms with E-state index in [1.165, 1.54) is 6.07 Å². The fourth-order valence-corrected chi connectivity index (χ4v) is 2.43. The molecule has 0 bridgehead atoms. The molecule has 21 heavy (non-hydrogen) atoms. The van der Waals surface area contributed by atoms with Crippen molar-refractivity contribution in [1.29, 1.82) is 0 Å². The van der Waals surface area contributed by atoms with Crippen LogP contribution in [0.2, 0.25) is 5.02 Å². The Kier molecular flexibility index (Phi) is 4.23. The third-order valence-electron chi connectivity index (χ3n) is 3.20. The van der Waals surface area contributed by atoms with Crippen molar-refractivity contribution < 1.29 is 14.8 Å². The van der Waals surface area contributed by atoms with E-state index in [4.69, 9.17) is 16.7 Å². The number of aryl methyl sites for hydroxylation is 1. The summed E-state index contributed by atoms with van der Waals surface area (Å²) in [6.07, 6.45) is 0.700. The van der Waals surface area contributed by atoms with Crippen molar-refractivity contribution in [3.8, 4) is 11.1 Å². The topological polar surface area (TPSA) is 80.4 Å². The summed E-state index contributed by atoms with van der Waals surface area (Å²) in [6.45, 7) is 1.94. The van der Waals surface area contributed by atoms with E-state index in [0.29, 0.717) is 17.5 Å². The molecule has 0 fully saturated rings. The summed E-state index contributed by atoms with van der Waals surface area (Å²) in [5.74, 6) is -1.29. The number of aromatic carboxylic acids is 1. The van der Waals surface area contributed by atoms with Crippen molar-refractivity contribution in [2.24, 2.45) is 0 Å². The van der Waals surface area contributed by atoms with Gasteiger partial charge in [-0.1, -0.05) is 42.8 Å². The SMILES string of the molecule is CCc1ccccc1-c1cc(Cl)c(C(=O)O)cc1[N+](=O)[O-]. The normalized spacial score (nSPS) is 10.4. The number of nitrogens with zero attached hydrogens (tertiary/aromatic N) is 1. The van der Waals surface area contributed by atoms with Crippen molar-refractivity contribution in [2.75, 3.05) is 0 Å². The first-order chi connectivity index (χ1) is 9.95. The number of carbonyl (C=O) groups is 1. The van der Waals surface area contributed by atoms with Crippen LogP contribution in [0.5, 0.6) is 0 Å². The molecule has 2 aromatic carbocycles. The average Bonchev–Trinajstić information content (AvgIpc) is 2.46. The van der Waals surface area contributed by atoms with Gasteiger partial charge in [0.1, 0.15) is 0 Å². The predicted octanol–water partition coefficient (Wildman–Crippen LogP) is 4.18. The van der Waals surface area contributed by atoms with Crippen LogP contribution in [0, 0.1) is 10.1 Å². The van der Waals surface area contributed by atoms with Crippen LogP contribution in [-0.2, 0) is 6.42 Å². The molecule has 0 unspecified atom stereocenters. The predicted molar refractivity (Wildman–Crippen MR) is 79.9 cm³/mol. The van der Waals surface area contributed by atoms with E-state index < -0.39 is 10.9 Å². The van der Waals surface area contributed by atoms with Gasteiger partial charge in [0.2, 0.25) is 0 Å². The van der Waals surface area contributed by atoms with Gasteiger partial charge in [0.05, 0.1) is 21.1 Å². The summed E-state index contributed by atoms with van der Waals surface area (Å²) in [6, 6.07) is 9.61. The second-order valence-electron chi connectivity index (χ2n) is 4.42. The lowest BCUT2D eigenvalue weighted by atomic mass is 9.95. The Labute approximate surface area is 125 Å². The molecule has 2 rings (SSSR count). The molecule has 0 spiro atoms. The number of carboxylic acid groups (broad SMARTS) is 1. The molecular formula is C15H12ClNO4. The van der Waals surface area contributed by atoms with Crippen molar-refractivity contribution >= 4 is 23.3 Å². The molecule has 0 amide bonds. The van der Waals surface area contributed by atoms with Crippen molar-refractivity contribution in [2.45, 2.75) is 13.3 Å². The molecule has 5 nitrogen and oxygen atoms in total. The lowest BCUT2D eigenvalue weighted by Gasteiger charge is -2.10. The smallest absolute Gasteiger partial charge is 0.337 e. The molecule has 0 saturated heterocycles. The van der Waals surface area contributed by atoms with Crippen LogP contribution < -0.4 is 0 Å². The van der Waals surface area contributed by atoms with Gasteiger partial charge in [0.15, 0.2) is 0 Å². The van der Waals surface area contributed by atoms with E-state index in [1.807, 2.05) is 19.1 Å².